The lowest BCUT2D eigenvalue weighted by Gasteiger charge is -2.18. The number of pyridine rings is 1. The number of anilines is 1. The van der Waals surface area contributed by atoms with Crippen molar-refractivity contribution in [2.45, 2.75) is 39.7 Å². The molecule has 2 aromatic heterocycles. The molecule has 28 heavy (non-hydrogen) atoms. The van der Waals surface area contributed by atoms with E-state index in [2.05, 4.69) is 6.92 Å². The molecule has 0 fully saturated rings. The molecule has 0 aliphatic carbocycles. The molecule has 148 valence electrons. The second kappa shape index (κ2) is 9.30. The molecule has 0 spiro atoms. The van der Waals surface area contributed by atoms with Crippen LogP contribution in [-0.2, 0) is 17.8 Å². The lowest BCUT2D eigenvalue weighted by Crippen LogP contribution is -2.24. The first-order valence-electron chi connectivity index (χ1n) is 9.37. The zero-order valence-electron chi connectivity index (χ0n) is 16.0. The van der Waals surface area contributed by atoms with Gasteiger partial charge in [0.25, 0.3) is 0 Å². The Hall–Kier alpha value is -2.24. The molecule has 2 heterocycles. The van der Waals surface area contributed by atoms with Gasteiger partial charge >= 0.3 is 0 Å². The molecular weight excluding hydrogens is 397 g/mol. The number of hydrogen-bond donors (Lipinski definition) is 0. The first kappa shape index (κ1) is 20.5. The lowest BCUT2D eigenvalue weighted by molar-refractivity contribution is -0.107. The van der Waals surface area contributed by atoms with Crippen LogP contribution in [0.1, 0.15) is 37.9 Å². The largest absolute Gasteiger partial charge is 0.485 e. The molecule has 0 saturated heterocycles. The number of aromatic nitrogens is 2. The first-order valence-corrected chi connectivity index (χ1v) is 10.1. The monoisotopic (exact) mass is 419 g/mol. The number of fused-ring (bicyclic) bond motifs is 1. The standard InChI is InChI=1S/C21H23Cl2N3O2/c1-3-5-10-25(14-27)21-18(4-2)24-20-19(7-6-11-26(20)21)28-13-15-8-9-16(22)12-17(15)23/h6-9,11-12,14H,3-5,10,13H2,1-2H3. The second-order valence-electron chi connectivity index (χ2n) is 6.48. The molecule has 5 nitrogen and oxygen atoms in total. The maximum Gasteiger partial charge on any atom is 0.215 e. The van der Waals surface area contributed by atoms with E-state index in [0.29, 0.717) is 34.6 Å². The molecule has 0 saturated carbocycles. The average molecular weight is 420 g/mol. The highest BCUT2D eigenvalue weighted by molar-refractivity contribution is 6.35. The number of carbonyl (C=O) groups excluding carboxylic acids is 1. The van der Waals surface area contributed by atoms with Gasteiger partial charge in [0.15, 0.2) is 11.4 Å². The lowest BCUT2D eigenvalue weighted by atomic mass is 10.2. The number of ether oxygens (including phenoxy) is 1. The number of imidazole rings is 1. The van der Waals surface area contributed by atoms with Gasteiger partial charge in [0, 0.05) is 28.4 Å². The third-order valence-corrected chi connectivity index (χ3v) is 5.13. The van der Waals surface area contributed by atoms with Crippen molar-refractivity contribution in [1.29, 1.82) is 0 Å². The Bertz CT molecular complexity index is 972. The highest BCUT2D eigenvalue weighted by Gasteiger charge is 2.19. The number of benzene rings is 1. The van der Waals surface area contributed by atoms with E-state index in [1.54, 1.807) is 17.0 Å². The van der Waals surface area contributed by atoms with E-state index in [4.69, 9.17) is 32.9 Å². The summed E-state index contributed by atoms with van der Waals surface area (Å²) in [5.74, 6) is 1.44. The molecule has 3 rings (SSSR count). The molecule has 3 aromatic rings. The van der Waals surface area contributed by atoms with Gasteiger partial charge < -0.3 is 4.74 Å². The van der Waals surface area contributed by atoms with Crippen LogP contribution >= 0.6 is 23.2 Å². The van der Waals surface area contributed by atoms with Crippen molar-refractivity contribution in [3.05, 3.63) is 57.8 Å². The highest BCUT2D eigenvalue weighted by atomic mass is 35.5. The van der Waals surface area contributed by atoms with Gasteiger partial charge in [-0.2, -0.15) is 0 Å². The number of rotatable bonds is 9. The molecule has 0 N–H and O–H groups in total. The van der Waals surface area contributed by atoms with Crippen LogP contribution in [0.5, 0.6) is 5.75 Å². The normalized spacial score (nSPS) is 11.0. The van der Waals surface area contributed by atoms with E-state index in [-0.39, 0.29) is 0 Å². The van der Waals surface area contributed by atoms with Crippen molar-refractivity contribution in [2.75, 3.05) is 11.4 Å². The Morgan fingerprint density at radius 1 is 1.25 bits per heavy atom. The number of amides is 1. The third-order valence-electron chi connectivity index (χ3n) is 4.54. The van der Waals surface area contributed by atoms with Gasteiger partial charge in [-0.15, -0.1) is 0 Å². The number of unbranched alkanes of at least 4 members (excludes halogenated alkanes) is 1. The molecule has 0 radical (unpaired) electrons. The van der Waals surface area contributed by atoms with Gasteiger partial charge in [0.2, 0.25) is 6.41 Å². The predicted molar refractivity (Wildman–Crippen MR) is 114 cm³/mol. The topological polar surface area (TPSA) is 46.8 Å². The SMILES string of the molecule is CCCCN(C=O)c1c(CC)nc2c(OCc3ccc(Cl)cc3Cl)cccn12. The van der Waals surface area contributed by atoms with Gasteiger partial charge in [-0.25, -0.2) is 4.98 Å². The van der Waals surface area contributed by atoms with Crippen molar-refractivity contribution in [1.82, 2.24) is 9.38 Å². The molecule has 7 heteroatoms. The summed E-state index contributed by atoms with van der Waals surface area (Å²) in [6.45, 7) is 5.09. The van der Waals surface area contributed by atoms with Crippen LogP contribution in [0, 0.1) is 0 Å². The average Bonchev–Trinajstić information content (AvgIpc) is 3.07. The molecule has 1 amide bonds. The van der Waals surface area contributed by atoms with E-state index in [0.717, 1.165) is 42.7 Å². The Balaban J connectivity index is 1.95. The third kappa shape index (κ3) is 4.26. The summed E-state index contributed by atoms with van der Waals surface area (Å²) in [4.78, 5) is 18.2. The predicted octanol–water partition coefficient (Wildman–Crippen LogP) is 5.55. The number of hydrogen-bond acceptors (Lipinski definition) is 3. The van der Waals surface area contributed by atoms with Crippen molar-refractivity contribution < 1.29 is 9.53 Å². The molecule has 0 aliphatic heterocycles. The van der Waals surface area contributed by atoms with E-state index < -0.39 is 0 Å². The maximum absolute atomic E-state index is 11.7. The summed E-state index contributed by atoms with van der Waals surface area (Å²) in [7, 11) is 0. The zero-order valence-corrected chi connectivity index (χ0v) is 17.5. The maximum atomic E-state index is 11.7. The molecule has 0 atom stereocenters. The fraction of sp³-hybridized carbons (Fsp3) is 0.333. The molecule has 1 aromatic carbocycles. The quantitative estimate of drug-likeness (QED) is 0.427. The van der Waals surface area contributed by atoms with E-state index in [1.165, 1.54) is 0 Å². The van der Waals surface area contributed by atoms with Gasteiger partial charge in [-0.1, -0.05) is 49.5 Å². The van der Waals surface area contributed by atoms with Crippen LogP contribution < -0.4 is 9.64 Å². The second-order valence-corrected chi connectivity index (χ2v) is 7.32. The smallest absolute Gasteiger partial charge is 0.215 e. The zero-order chi connectivity index (χ0) is 20.1. The number of nitrogens with zero attached hydrogens (tertiary/aromatic N) is 3. The van der Waals surface area contributed by atoms with Crippen LogP contribution in [0.15, 0.2) is 36.5 Å². The summed E-state index contributed by atoms with van der Waals surface area (Å²) in [5.41, 5.74) is 2.39. The summed E-state index contributed by atoms with van der Waals surface area (Å²) in [6.07, 6.45) is 5.44. The van der Waals surface area contributed by atoms with Crippen LogP contribution in [0.4, 0.5) is 5.82 Å². The van der Waals surface area contributed by atoms with E-state index >= 15 is 0 Å². The van der Waals surface area contributed by atoms with Crippen LogP contribution in [0.2, 0.25) is 10.0 Å². The van der Waals surface area contributed by atoms with Crippen LogP contribution in [0.3, 0.4) is 0 Å². The van der Waals surface area contributed by atoms with Crippen molar-refractivity contribution in [2.24, 2.45) is 0 Å². The summed E-state index contributed by atoms with van der Waals surface area (Å²) in [5, 5.41) is 1.15. The highest BCUT2D eigenvalue weighted by Crippen LogP contribution is 2.29. The molecule has 0 unspecified atom stereocenters. The van der Waals surface area contributed by atoms with Crippen LogP contribution in [-0.4, -0.2) is 22.3 Å². The van der Waals surface area contributed by atoms with Crippen molar-refractivity contribution >= 4 is 41.1 Å². The number of carbonyl (C=O) groups is 1. The molecule has 0 aliphatic rings. The Morgan fingerprint density at radius 2 is 2.07 bits per heavy atom. The number of aryl methyl sites for hydroxylation is 1. The summed E-state index contributed by atoms with van der Waals surface area (Å²) < 4.78 is 7.93. The summed E-state index contributed by atoms with van der Waals surface area (Å²) >= 11 is 12.2. The van der Waals surface area contributed by atoms with Gasteiger partial charge in [0.05, 0.1) is 5.69 Å². The fourth-order valence-corrected chi connectivity index (χ4v) is 3.53. The van der Waals surface area contributed by atoms with E-state index in [9.17, 15) is 4.79 Å². The van der Waals surface area contributed by atoms with Crippen molar-refractivity contribution in [3.63, 3.8) is 0 Å². The molecular formula is C21H23Cl2N3O2. The van der Waals surface area contributed by atoms with Gasteiger partial charge in [-0.05, 0) is 37.1 Å². The van der Waals surface area contributed by atoms with Crippen LogP contribution in [0.25, 0.3) is 5.65 Å². The Morgan fingerprint density at radius 3 is 2.75 bits per heavy atom. The minimum atomic E-state index is 0.298. The van der Waals surface area contributed by atoms with Gasteiger partial charge in [-0.3, -0.25) is 14.1 Å². The Labute approximate surface area is 174 Å². The minimum absolute atomic E-state index is 0.298. The summed E-state index contributed by atoms with van der Waals surface area (Å²) in [6, 6.07) is 9.08. The first-order chi connectivity index (χ1) is 13.6. The van der Waals surface area contributed by atoms with Crippen molar-refractivity contribution in [3.8, 4) is 5.75 Å². The Kier molecular flexibility index (Phi) is 6.81. The fourth-order valence-electron chi connectivity index (χ4n) is 3.06. The van der Waals surface area contributed by atoms with Gasteiger partial charge in [0.1, 0.15) is 12.4 Å². The van der Waals surface area contributed by atoms with E-state index in [1.807, 2.05) is 35.7 Å². The number of halogens is 2. The minimum Gasteiger partial charge on any atom is -0.485 e. The molecule has 0 bridgehead atoms.